The minimum atomic E-state index is -1.44. The van der Waals surface area contributed by atoms with E-state index in [-0.39, 0.29) is 0 Å². The molecule has 0 bridgehead atoms. The van der Waals surface area contributed by atoms with Crippen molar-refractivity contribution >= 4 is 24.9 Å². The molecule has 1 aliphatic heterocycles. The molecule has 0 aromatic heterocycles. The first kappa shape index (κ1) is 10.8. The van der Waals surface area contributed by atoms with Crippen molar-refractivity contribution in [1.29, 1.82) is 0 Å². The molecule has 1 unspecified atom stereocenters. The van der Waals surface area contributed by atoms with Gasteiger partial charge in [0.05, 0.1) is 23.8 Å². The molecule has 1 heterocycles. The van der Waals surface area contributed by atoms with Crippen molar-refractivity contribution in [2.45, 2.75) is 31.5 Å². The predicted octanol–water partition coefficient (Wildman–Crippen LogP) is 3.33. The van der Waals surface area contributed by atoms with E-state index in [1.807, 2.05) is 6.92 Å². The summed E-state index contributed by atoms with van der Waals surface area (Å²) in [5, 5.41) is 0. The van der Waals surface area contributed by atoms with Crippen LogP contribution in [0.1, 0.15) is 11.1 Å². The van der Waals surface area contributed by atoms with Gasteiger partial charge in [0.15, 0.2) is 0 Å². The third-order valence-corrected chi connectivity index (χ3v) is 7.88. The van der Waals surface area contributed by atoms with Crippen LogP contribution in [0.5, 0.6) is 0 Å². The van der Waals surface area contributed by atoms with Gasteiger partial charge in [0.2, 0.25) is 0 Å². The van der Waals surface area contributed by atoms with Crippen molar-refractivity contribution in [3.63, 3.8) is 0 Å². The van der Waals surface area contributed by atoms with Gasteiger partial charge in [-0.3, -0.25) is 0 Å². The van der Waals surface area contributed by atoms with E-state index in [0.29, 0.717) is 0 Å². The topological polar surface area (TPSA) is 17.1 Å². The molecule has 1 nitrogen and oxygen atoms in total. The van der Waals surface area contributed by atoms with Crippen LogP contribution < -0.4 is 0 Å². The number of fused-ring (bicyclic) bond motifs is 1. The number of rotatable bonds is 1. The molecular formula is C12H16OSSi. The first-order valence-electron chi connectivity index (χ1n) is 5.14. The third-order valence-electron chi connectivity index (χ3n) is 2.59. The van der Waals surface area contributed by atoms with E-state index < -0.39 is 18.9 Å². The Morgan fingerprint density at radius 1 is 1.20 bits per heavy atom. The Kier molecular flexibility index (Phi) is 2.47. The van der Waals surface area contributed by atoms with E-state index in [0.717, 1.165) is 10.5 Å². The second kappa shape index (κ2) is 3.42. The Morgan fingerprint density at radius 2 is 1.87 bits per heavy atom. The zero-order chi connectivity index (χ0) is 11.2. The van der Waals surface area contributed by atoms with Gasteiger partial charge in [0.25, 0.3) is 0 Å². The van der Waals surface area contributed by atoms with Crippen LogP contribution in [0.4, 0.5) is 0 Å². The van der Waals surface area contributed by atoms with Crippen molar-refractivity contribution in [1.82, 2.24) is 0 Å². The van der Waals surface area contributed by atoms with E-state index in [1.54, 1.807) is 0 Å². The standard InChI is InChI=1S/C12H16OSSi/c1-9-5-6-10-8-12(15(2,3)4)14(13)11(10)7-9/h5-8H,1-4H3. The van der Waals surface area contributed by atoms with Gasteiger partial charge in [-0.05, 0) is 30.2 Å². The van der Waals surface area contributed by atoms with Gasteiger partial charge in [0, 0.05) is 4.53 Å². The Morgan fingerprint density at radius 3 is 2.47 bits per heavy atom. The molecule has 0 fully saturated rings. The number of aryl methyl sites for hydroxylation is 1. The van der Waals surface area contributed by atoms with Gasteiger partial charge >= 0.3 is 0 Å². The molecule has 0 aliphatic carbocycles. The molecule has 0 saturated carbocycles. The molecule has 0 N–H and O–H groups in total. The van der Waals surface area contributed by atoms with Gasteiger partial charge in [0.1, 0.15) is 0 Å². The summed E-state index contributed by atoms with van der Waals surface area (Å²) in [6.07, 6.45) is 2.14. The lowest BCUT2D eigenvalue weighted by Crippen LogP contribution is -2.25. The molecule has 0 spiro atoms. The highest BCUT2D eigenvalue weighted by Crippen LogP contribution is 2.34. The second-order valence-electron chi connectivity index (χ2n) is 5.07. The van der Waals surface area contributed by atoms with Crippen LogP contribution in [-0.2, 0) is 10.8 Å². The summed E-state index contributed by atoms with van der Waals surface area (Å²) in [6.45, 7) is 8.78. The molecule has 80 valence electrons. The Labute approximate surface area is 94.7 Å². The molecule has 1 atom stereocenters. The summed E-state index contributed by atoms with van der Waals surface area (Å²) in [6, 6.07) is 6.21. The smallest absolute Gasteiger partial charge is 0.0896 e. The van der Waals surface area contributed by atoms with E-state index in [9.17, 15) is 4.21 Å². The van der Waals surface area contributed by atoms with E-state index in [1.165, 1.54) is 10.1 Å². The van der Waals surface area contributed by atoms with E-state index in [2.05, 4.69) is 43.9 Å². The van der Waals surface area contributed by atoms with Crippen molar-refractivity contribution in [2.24, 2.45) is 0 Å². The van der Waals surface area contributed by atoms with E-state index >= 15 is 0 Å². The molecular weight excluding hydrogens is 220 g/mol. The summed E-state index contributed by atoms with van der Waals surface area (Å²) >= 11 is 0. The van der Waals surface area contributed by atoms with E-state index in [4.69, 9.17) is 0 Å². The van der Waals surface area contributed by atoms with Gasteiger partial charge in [-0.2, -0.15) is 0 Å². The van der Waals surface area contributed by atoms with Crippen molar-refractivity contribution in [2.75, 3.05) is 0 Å². The average molecular weight is 236 g/mol. The van der Waals surface area contributed by atoms with Gasteiger partial charge < -0.3 is 0 Å². The van der Waals surface area contributed by atoms with Gasteiger partial charge in [-0.25, -0.2) is 4.21 Å². The minimum absolute atomic E-state index is 0.892. The highest BCUT2D eigenvalue weighted by molar-refractivity contribution is 7.92. The van der Waals surface area contributed by atoms with Crippen molar-refractivity contribution in [3.05, 3.63) is 33.9 Å². The molecule has 0 saturated heterocycles. The zero-order valence-corrected chi connectivity index (χ0v) is 11.4. The number of hydrogen-bond donors (Lipinski definition) is 0. The molecule has 0 amide bonds. The summed E-state index contributed by atoms with van der Waals surface area (Å²) in [7, 11) is -2.33. The van der Waals surface area contributed by atoms with Gasteiger partial charge in [-0.1, -0.05) is 31.8 Å². The van der Waals surface area contributed by atoms with Crippen molar-refractivity contribution < 1.29 is 4.21 Å². The quantitative estimate of drug-likeness (QED) is 0.684. The van der Waals surface area contributed by atoms with Gasteiger partial charge in [-0.15, -0.1) is 0 Å². The molecule has 2 rings (SSSR count). The monoisotopic (exact) mass is 236 g/mol. The van der Waals surface area contributed by atoms with Crippen LogP contribution in [-0.4, -0.2) is 12.3 Å². The van der Waals surface area contributed by atoms with Crippen LogP contribution in [0.3, 0.4) is 0 Å². The van der Waals surface area contributed by atoms with Crippen LogP contribution >= 0.6 is 0 Å². The third kappa shape index (κ3) is 1.86. The summed E-state index contributed by atoms with van der Waals surface area (Å²) < 4.78 is 13.4. The average Bonchev–Trinajstić information content (AvgIpc) is 2.43. The lowest BCUT2D eigenvalue weighted by molar-refractivity contribution is 0.688. The first-order chi connectivity index (χ1) is 6.89. The Bertz CT molecular complexity index is 469. The fourth-order valence-electron chi connectivity index (χ4n) is 1.73. The fourth-order valence-corrected chi connectivity index (χ4v) is 5.98. The first-order valence-corrected chi connectivity index (χ1v) is 9.79. The largest absolute Gasteiger partial charge is 0.250 e. The number of benzene rings is 1. The highest BCUT2D eigenvalue weighted by Gasteiger charge is 2.30. The SMILES string of the molecule is Cc1ccc2c(c1)S(=O)C([Si](C)(C)C)=C2. The maximum Gasteiger partial charge on any atom is 0.0896 e. The minimum Gasteiger partial charge on any atom is -0.250 e. The maximum absolute atomic E-state index is 12.3. The zero-order valence-electron chi connectivity index (χ0n) is 9.63. The van der Waals surface area contributed by atoms with Crippen molar-refractivity contribution in [3.8, 4) is 0 Å². The summed E-state index contributed by atoms with van der Waals surface area (Å²) in [5.41, 5.74) is 2.34. The molecule has 3 heteroatoms. The molecule has 15 heavy (non-hydrogen) atoms. The van der Waals surface area contributed by atoms with Crippen LogP contribution in [0.25, 0.3) is 6.08 Å². The Hall–Kier alpha value is -0.673. The molecule has 1 aromatic carbocycles. The Balaban J connectivity index is 2.53. The predicted molar refractivity (Wildman–Crippen MR) is 68.9 cm³/mol. The highest BCUT2D eigenvalue weighted by atomic mass is 32.2. The van der Waals surface area contributed by atoms with Crippen LogP contribution in [0.2, 0.25) is 19.6 Å². The lowest BCUT2D eigenvalue weighted by atomic mass is 10.1. The molecule has 1 aromatic rings. The fraction of sp³-hybridized carbons (Fsp3) is 0.333. The summed E-state index contributed by atoms with van der Waals surface area (Å²) in [4.78, 5) is 1.01. The van der Waals surface area contributed by atoms with Crippen LogP contribution in [0, 0.1) is 6.92 Å². The maximum atomic E-state index is 12.3. The molecule has 1 aliphatic rings. The molecule has 0 radical (unpaired) electrons. The number of hydrogen-bond acceptors (Lipinski definition) is 1. The second-order valence-corrected chi connectivity index (χ2v) is 11.9. The lowest BCUT2D eigenvalue weighted by Gasteiger charge is -2.16. The van der Waals surface area contributed by atoms with Crippen LogP contribution in [0.15, 0.2) is 27.6 Å². The summed E-state index contributed by atoms with van der Waals surface area (Å²) in [5.74, 6) is 0. The normalized spacial score (nSPS) is 20.0.